The number of benzene rings is 2. The zero-order valence-corrected chi connectivity index (χ0v) is 14.8. The molecule has 122 valence electrons. The molecule has 1 aromatic heterocycles. The fourth-order valence-corrected chi connectivity index (χ4v) is 4.14. The Bertz CT molecular complexity index is 1000. The Balaban J connectivity index is 1.98. The Hall–Kier alpha value is -2.15. The highest BCUT2D eigenvalue weighted by Crippen LogP contribution is 2.36. The minimum absolute atomic E-state index is 0.396. The van der Waals surface area contributed by atoms with Crippen LogP contribution in [0.2, 0.25) is 0 Å². The first-order valence-corrected chi connectivity index (χ1v) is 8.97. The number of nitrogens with zero attached hydrogens (tertiary/aromatic N) is 1. The van der Waals surface area contributed by atoms with Crippen molar-refractivity contribution in [3.63, 3.8) is 0 Å². The van der Waals surface area contributed by atoms with E-state index >= 15 is 0 Å². The van der Waals surface area contributed by atoms with Crippen molar-refractivity contribution in [2.75, 3.05) is 0 Å². The molecule has 1 heterocycles. The summed E-state index contributed by atoms with van der Waals surface area (Å²) in [4.78, 5) is 0. The van der Waals surface area contributed by atoms with Crippen LogP contribution in [0.15, 0.2) is 48.5 Å². The highest BCUT2D eigenvalue weighted by atomic mass is 14.9. The van der Waals surface area contributed by atoms with Gasteiger partial charge in [0.1, 0.15) is 7.05 Å². The topological polar surface area (TPSA) is 3.88 Å². The molecule has 24 heavy (non-hydrogen) atoms. The third kappa shape index (κ3) is 2.53. The minimum atomic E-state index is 0.396. The maximum Gasteiger partial charge on any atom is 0.220 e. The third-order valence-corrected chi connectivity index (χ3v) is 5.64. The summed E-state index contributed by atoms with van der Waals surface area (Å²) in [6.07, 6.45) is 5.30. The van der Waals surface area contributed by atoms with Crippen molar-refractivity contribution in [3.8, 4) is 11.3 Å². The number of aryl methyl sites for hydroxylation is 1. The molecule has 0 spiro atoms. The molecule has 0 aliphatic heterocycles. The summed E-state index contributed by atoms with van der Waals surface area (Å²) in [6, 6.07) is 13.5. The zero-order valence-electron chi connectivity index (χ0n) is 16.8. The number of hydrogen-bond donors (Lipinski definition) is 0. The average Bonchev–Trinajstić information content (AvgIpc) is 3.14. The predicted molar refractivity (Wildman–Crippen MR) is 101 cm³/mol. The molecular weight excluding hydrogens is 290 g/mol. The first kappa shape index (κ1) is 13.2. The van der Waals surface area contributed by atoms with E-state index in [0.29, 0.717) is 18.0 Å². The van der Waals surface area contributed by atoms with Gasteiger partial charge in [0.25, 0.3) is 0 Å². The molecule has 3 aromatic rings. The lowest BCUT2D eigenvalue weighted by Crippen LogP contribution is -2.35. The van der Waals surface area contributed by atoms with Gasteiger partial charge in [-0.3, -0.25) is 0 Å². The molecule has 1 fully saturated rings. The van der Waals surface area contributed by atoms with Crippen molar-refractivity contribution in [1.82, 2.24) is 0 Å². The van der Waals surface area contributed by atoms with Gasteiger partial charge < -0.3 is 0 Å². The van der Waals surface area contributed by atoms with Crippen LogP contribution in [0.4, 0.5) is 0 Å². The van der Waals surface area contributed by atoms with Crippen LogP contribution in [0.5, 0.6) is 0 Å². The predicted octanol–water partition coefficient (Wildman–Crippen LogP) is 5.61. The van der Waals surface area contributed by atoms with Gasteiger partial charge in [-0.1, -0.05) is 43.1 Å². The summed E-state index contributed by atoms with van der Waals surface area (Å²) < 4.78 is 18.5. The fourth-order valence-electron chi connectivity index (χ4n) is 4.14. The molecule has 2 aromatic carbocycles. The first-order chi connectivity index (χ1) is 12.5. The maximum atomic E-state index is 8.20. The van der Waals surface area contributed by atoms with Crippen LogP contribution >= 0.6 is 0 Å². The van der Waals surface area contributed by atoms with E-state index in [-0.39, 0.29) is 0 Å². The molecule has 1 aliphatic carbocycles. The third-order valence-electron chi connectivity index (χ3n) is 5.64. The van der Waals surface area contributed by atoms with E-state index in [1.807, 2.05) is 13.0 Å². The number of fused-ring (bicyclic) bond motifs is 1. The van der Waals surface area contributed by atoms with E-state index in [1.165, 1.54) is 47.7 Å². The van der Waals surface area contributed by atoms with Gasteiger partial charge in [-0.25, -0.2) is 0 Å². The lowest BCUT2D eigenvalue weighted by molar-refractivity contribution is -0.665. The van der Waals surface area contributed by atoms with E-state index in [4.69, 9.17) is 2.74 Å². The van der Waals surface area contributed by atoms with Crippen LogP contribution in [0.3, 0.4) is 0 Å². The van der Waals surface area contributed by atoms with Crippen molar-refractivity contribution in [3.05, 3.63) is 65.3 Å². The molecule has 1 heteroatoms. The van der Waals surface area contributed by atoms with Gasteiger partial charge in [-0.15, -0.1) is 0 Å². The molecule has 0 radical (unpaired) electrons. The summed E-state index contributed by atoms with van der Waals surface area (Å²) in [5.41, 5.74) is 5.69. The summed E-state index contributed by atoms with van der Waals surface area (Å²) in [7, 11) is 2.08. The van der Waals surface area contributed by atoms with Crippen LogP contribution in [-0.4, -0.2) is 0 Å². The van der Waals surface area contributed by atoms with E-state index in [2.05, 4.69) is 42.8 Å². The number of rotatable bonds is 2. The van der Waals surface area contributed by atoms with Crippen molar-refractivity contribution in [2.45, 2.75) is 45.4 Å². The molecule has 4 rings (SSSR count). The van der Waals surface area contributed by atoms with Crippen LogP contribution < -0.4 is 4.57 Å². The maximum absolute atomic E-state index is 8.20. The normalized spacial score (nSPS) is 16.5. The highest BCUT2D eigenvalue weighted by Gasteiger charge is 2.22. The lowest BCUT2D eigenvalue weighted by Gasteiger charge is -2.13. The van der Waals surface area contributed by atoms with Crippen molar-refractivity contribution in [2.24, 2.45) is 7.05 Å². The summed E-state index contributed by atoms with van der Waals surface area (Å²) in [5, 5.41) is 2.47. The summed E-state index contributed by atoms with van der Waals surface area (Å²) in [6.45, 7) is 4.12. The second kappa shape index (κ2) is 6.05. The van der Waals surface area contributed by atoms with Crippen LogP contribution in [-0.2, 0) is 7.05 Å². The van der Waals surface area contributed by atoms with Gasteiger partial charge in [0.15, 0.2) is 5.69 Å². The molecule has 0 unspecified atom stereocenters. The molecule has 1 aliphatic rings. The van der Waals surface area contributed by atoms with Crippen molar-refractivity contribution in [1.29, 1.82) is 0 Å². The molecule has 0 atom stereocenters. The largest absolute Gasteiger partial charge is 0.220 e. The second-order valence-corrected chi connectivity index (χ2v) is 7.16. The van der Waals surface area contributed by atoms with Gasteiger partial charge >= 0.3 is 0 Å². The minimum Gasteiger partial charge on any atom is -0.198 e. The van der Waals surface area contributed by atoms with Crippen LogP contribution in [0, 0.1) is 13.8 Å². The quantitative estimate of drug-likeness (QED) is 0.541. The van der Waals surface area contributed by atoms with Crippen LogP contribution in [0.25, 0.3) is 22.0 Å². The van der Waals surface area contributed by atoms with Gasteiger partial charge in [-0.05, 0) is 54.3 Å². The van der Waals surface area contributed by atoms with Gasteiger partial charge in [-0.2, -0.15) is 4.57 Å². The highest BCUT2D eigenvalue weighted by molar-refractivity contribution is 5.94. The van der Waals surface area contributed by atoms with E-state index < -0.39 is 0 Å². The van der Waals surface area contributed by atoms with Crippen molar-refractivity contribution < 1.29 is 7.31 Å². The molecule has 0 N–H and O–H groups in total. The summed E-state index contributed by atoms with van der Waals surface area (Å²) >= 11 is 0. The van der Waals surface area contributed by atoms with Crippen LogP contribution in [0.1, 0.15) is 51.2 Å². The standard InChI is InChI=1S/C23H26N/c1-16-8-4-7-11-21(16)23-22-13-12-19(18-9-5-6-10-18)15-20(22)14-17(2)24(23)3/h4,7-8,11-15,18H,5-6,9-10H2,1-3H3/q+1/i7D,8D. The second-order valence-electron chi connectivity index (χ2n) is 7.16. The molecule has 0 saturated heterocycles. The Morgan fingerprint density at radius 2 is 1.88 bits per heavy atom. The Kier molecular flexibility index (Phi) is 3.32. The first-order valence-electron chi connectivity index (χ1n) is 9.97. The average molecular weight is 318 g/mol. The van der Waals surface area contributed by atoms with Gasteiger partial charge in [0.2, 0.25) is 5.69 Å². The number of pyridine rings is 1. The molecule has 1 nitrogen and oxygen atoms in total. The lowest BCUT2D eigenvalue weighted by atomic mass is 9.93. The van der Waals surface area contributed by atoms with Gasteiger partial charge in [0.05, 0.1) is 8.13 Å². The van der Waals surface area contributed by atoms with E-state index in [0.717, 1.165) is 16.8 Å². The number of aromatic nitrogens is 1. The summed E-state index contributed by atoms with van der Waals surface area (Å²) in [5.74, 6) is 0.704. The van der Waals surface area contributed by atoms with Gasteiger partial charge in [0, 0.05) is 18.6 Å². The number of hydrogen-bond acceptors (Lipinski definition) is 0. The van der Waals surface area contributed by atoms with E-state index in [1.54, 1.807) is 6.07 Å². The monoisotopic (exact) mass is 318 g/mol. The van der Waals surface area contributed by atoms with E-state index in [9.17, 15) is 0 Å². The SMILES string of the molecule is [2H]c1cc([2H])c(C)c(-c2c3ccc(C4CCCC4)cc3cc(C)[n+]2C)c1. The Morgan fingerprint density at radius 1 is 1.08 bits per heavy atom. The fraction of sp³-hybridized carbons (Fsp3) is 0.348. The van der Waals surface area contributed by atoms with Crippen molar-refractivity contribution >= 4 is 10.8 Å². The Labute approximate surface area is 147 Å². The molecule has 0 bridgehead atoms. The smallest absolute Gasteiger partial charge is 0.198 e. The molecule has 1 saturated carbocycles. The zero-order chi connectivity index (χ0) is 18.4. The Morgan fingerprint density at radius 3 is 2.67 bits per heavy atom. The molecule has 0 amide bonds. The molecular formula is C23H26N+.